The lowest BCUT2D eigenvalue weighted by Crippen LogP contribution is -2.39. The molecule has 2 atom stereocenters. The molecule has 0 radical (unpaired) electrons. The minimum atomic E-state index is -0.177. The fourth-order valence-electron chi connectivity index (χ4n) is 2.70. The smallest absolute Gasteiger partial charge is 0.318 e. The number of amides is 3. The summed E-state index contributed by atoms with van der Waals surface area (Å²) < 4.78 is 0. The van der Waals surface area contributed by atoms with Crippen LogP contribution >= 0.6 is 0 Å². The Balaban J connectivity index is 2.03. The van der Waals surface area contributed by atoms with Gasteiger partial charge in [0, 0.05) is 19.7 Å². The van der Waals surface area contributed by atoms with E-state index < -0.39 is 0 Å². The van der Waals surface area contributed by atoms with Gasteiger partial charge >= 0.3 is 6.03 Å². The molecule has 5 heteroatoms. The number of aryl methyl sites for hydroxylation is 1. The summed E-state index contributed by atoms with van der Waals surface area (Å²) in [5.41, 5.74) is 3.94. The van der Waals surface area contributed by atoms with Crippen molar-refractivity contribution < 1.29 is 9.59 Å². The summed E-state index contributed by atoms with van der Waals surface area (Å²) in [6, 6.07) is 15.3. The van der Waals surface area contributed by atoms with Gasteiger partial charge in [-0.1, -0.05) is 42.0 Å². The Morgan fingerprint density at radius 2 is 1.65 bits per heavy atom. The van der Waals surface area contributed by atoms with E-state index in [2.05, 4.69) is 10.6 Å². The minimum absolute atomic E-state index is 0.0338. The van der Waals surface area contributed by atoms with Crippen LogP contribution in [0.4, 0.5) is 10.5 Å². The van der Waals surface area contributed by atoms with Crippen LogP contribution < -0.4 is 10.6 Å². The molecule has 3 amide bonds. The van der Waals surface area contributed by atoms with Crippen LogP contribution in [0.2, 0.25) is 0 Å². The number of benzene rings is 2. The Bertz CT molecular complexity index is 771. The van der Waals surface area contributed by atoms with Crippen molar-refractivity contribution in [1.82, 2.24) is 10.2 Å². The van der Waals surface area contributed by atoms with E-state index in [4.69, 9.17) is 0 Å². The monoisotopic (exact) mass is 353 g/mol. The molecule has 5 nitrogen and oxygen atoms in total. The standard InChI is InChI=1S/C21H27N3O2/c1-14-9-11-18(12-10-14)16(3)24(5)21(26)22-15(2)19-7-6-8-20(13-19)23-17(4)25/h6-13,15-16H,1-5H3,(H,22,26)(H,23,25)/t15-,16-/m1/s1. The van der Waals surface area contributed by atoms with E-state index in [1.165, 1.54) is 12.5 Å². The summed E-state index contributed by atoms with van der Waals surface area (Å²) in [5.74, 6) is -0.120. The number of hydrogen-bond acceptors (Lipinski definition) is 2. The molecule has 138 valence electrons. The highest BCUT2D eigenvalue weighted by atomic mass is 16.2. The molecule has 2 aromatic carbocycles. The van der Waals surface area contributed by atoms with Crippen LogP contribution in [0.1, 0.15) is 49.5 Å². The van der Waals surface area contributed by atoms with Gasteiger partial charge in [-0.05, 0) is 44.0 Å². The van der Waals surface area contributed by atoms with Gasteiger partial charge in [-0.15, -0.1) is 0 Å². The molecule has 0 heterocycles. The predicted molar refractivity (Wildman–Crippen MR) is 105 cm³/mol. The second-order valence-electron chi connectivity index (χ2n) is 6.68. The second kappa shape index (κ2) is 8.52. The molecule has 0 aliphatic carbocycles. The van der Waals surface area contributed by atoms with Crippen molar-refractivity contribution in [3.63, 3.8) is 0 Å². The van der Waals surface area contributed by atoms with Crippen molar-refractivity contribution in [1.29, 1.82) is 0 Å². The summed E-state index contributed by atoms with van der Waals surface area (Å²) in [6.07, 6.45) is 0. The number of carbonyl (C=O) groups is 2. The molecular formula is C21H27N3O2. The maximum absolute atomic E-state index is 12.6. The first-order valence-corrected chi connectivity index (χ1v) is 8.75. The van der Waals surface area contributed by atoms with Crippen molar-refractivity contribution in [2.45, 2.75) is 39.8 Å². The number of rotatable bonds is 5. The quantitative estimate of drug-likeness (QED) is 0.836. The molecule has 2 aromatic rings. The van der Waals surface area contributed by atoms with E-state index in [0.717, 1.165) is 16.8 Å². The average molecular weight is 353 g/mol. The number of urea groups is 1. The summed E-state index contributed by atoms with van der Waals surface area (Å²) in [6.45, 7) is 7.45. The van der Waals surface area contributed by atoms with Gasteiger partial charge in [0.2, 0.25) is 5.91 Å². The summed E-state index contributed by atoms with van der Waals surface area (Å²) in [7, 11) is 1.79. The topological polar surface area (TPSA) is 61.4 Å². The molecule has 26 heavy (non-hydrogen) atoms. The van der Waals surface area contributed by atoms with E-state index in [0.29, 0.717) is 0 Å². The molecule has 0 fully saturated rings. The Hall–Kier alpha value is -2.82. The largest absolute Gasteiger partial charge is 0.331 e. The van der Waals surface area contributed by atoms with Crippen LogP contribution in [0.3, 0.4) is 0 Å². The van der Waals surface area contributed by atoms with E-state index in [1.807, 2.05) is 69.3 Å². The van der Waals surface area contributed by atoms with Gasteiger partial charge in [-0.25, -0.2) is 4.79 Å². The number of nitrogens with zero attached hydrogens (tertiary/aromatic N) is 1. The van der Waals surface area contributed by atoms with E-state index >= 15 is 0 Å². The fraction of sp³-hybridized carbons (Fsp3) is 0.333. The van der Waals surface area contributed by atoms with E-state index in [1.54, 1.807) is 11.9 Å². The zero-order valence-electron chi connectivity index (χ0n) is 16.0. The molecule has 0 spiro atoms. The number of nitrogens with one attached hydrogen (secondary N) is 2. The lowest BCUT2D eigenvalue weighted by molar-refractivity contribution is -0.114. The van der Waals surface area contributed by atoms with E-state index in [-0.39, 0.29) is 24.0 Å². The van der Waals surface area contributed by atoms with Crippen LogP contribution in [-0.4, -0.2) is 23.9 Å². The maximum Gasteiger partial charge on any atom is 0.318 e. The molecule has 0 aromatic heterocycles. The van der Waals surface area contributed by atoms with Crippen molar-refractivity contribution in [3.05, 3.63) is 65.2 Å². The van der Waals surface area contributed by atoms with Gasteiger partial charge in [0.25, 0.3) is 0 Å². The molecule has 0 saturated heterocycles. The Labute approximate surface area is 155 Å². The van der Waals surface area contributed by atoms with Gasteiger partial charge in [0.05, 0.1) is 12.1 Å². The molecule has 2 rings (SSSR count). The summed E-state index contributed by atoms with van der Waals surface area (Å²) in [4.78, 5) is 25.5. The van der Waals surface area contributed by atoms with Gasteiger partial charge < -0.3 is 15.5 Å². The third-order valence-electron chi connectivity index (χ3n) is 4.51. The van der Waals surface area contributed by atoms with Crippen LogP contribution in [-0.2, 0) is 4.79 Å². The average Bonchev–Trinajstić information content (AvgIpc) is 2.60. The highest BCUT2D eigenvalue weighted by Gasteiger charge is 2.19. The van der Waals surface area contributed by atoms with Crippen molar-refractivity contribution in [2.75, 3.05) is 12.4 Å². The zero-order chi connectivity index (χ0) is 19.3. The lowest BCUT2D eigenvalue weighted by Gasteiger charge is -2.27. The Morgan fingerprint density at radius 1 is 1.00 bits per heavy atom. The predicted octanol–water partition coefficient (Wildman–Crippen LogP) is 4.42. The first kappa shape index (κ1) is 19.5. The second-order valence-corrected chi connectivity index (χ2v) is 6.68. The number of carbonyl (C=O) groups excluding carboxylic acids is 2. The van der Waals surface area contributed by atoms with Crippen LogP contribution in [0, 0.1) is 6.92 Å². The highest BCUT2D eigenvalue weighted by molar-refractivity contribution is 5.88. The zero-order valence-corrected chi connectivity index (χ0v) is 16.0. The number of anilines is 1. The molecular weight excluding hydrogens is 326 g/mol. The summed E-state index contributed by atoms with van der Waals surface area (Å²) in [5, 5.41) is 5.77. The number of hydrogen-bond donors (Lipinski definition) is 2. The molecule has 0 aliphatic rings. The maximum atomic E-state index is 12.6. The third kappa shape index (κ3) is 5.09. The lowest BCUT2D eigenvalue weighted by atomic mass is 10.1. The molecule has 0 bridgehead atoms. The van der Waals surface area contributed by atoms with Crippen molar-refractivity contribution in [3.8, 4) is 0 Å². The normalized spacial score (nSPS) is 12.8. The first-order chi connectivity index (χ1) is 12.3. The fourth-order valence-corrected chi connectivity index (χ4v) is 2.70. The molecule has 2 N–H and O–H groups in total. The van der Waals surface area contributed by atoms with Gasteiger partial charge in [-0.2, -0.15) is 0 Å². The molecule has 0 unspecified atom stereocenters. The minimum Gasteiger partial charge on any atom is -0.331 e. The third-order valence-corrected chi connectivity index (χ3v) is 4.51. The SMILES string of the molecule is CC(=O)Nc1cccc([C@@H](C)NC(=O)N(C)[C@H](C)c2ccc(C)cc2)c1. The Morgan fingerprint density at radius 3 is 2.27 bits per heavy atom. The molecule has 0 saturated carbocycles. The molecule has 0 aliphatic heterocycles. The summed E-state index contributed by atoms with van der Waals surface area (Å²) >= 11 is 0. The first-order valence-electron chi connectivity index (χ1n) is 8.75. The highest BCUT2D eigenvalue weighted by Crippen LogP contribution is 2.21. The van der Waals surface area contributed by atoms with Crippen molar-refractivity contribution in [2.24, 2.45) is 0 Å². The van der Waals surface area contributed by atoms with Crippen LogP contribution in [0.5, 0.6) is 0 Å². The van der Waals surface area contributed by atoms with Crippen molar-refractivity contribution >= 4 is 17.6 Å². The van der Waals surface area contributed by atoms with E-state index in [9.17, 15) is 9.59 Å². The van der Waals surface area contributed by atoms with Crippen LogP contribution in [0.25, 0.3) is 0 Å². The van der Waals surface area contributed by atoms with Crippen LogP contribution in [0.15, 0.2) is 48.5 Å². The van der Waals surface area contributed by atoms with Gasteiger partial charge in [0.15, 0.2) is 0 Å². The van der Waals surface area contributed by atoms with Gasteiger partial charge in [-0.3, -0.25) is 4.79 Å². The Kier molecular flexibility index (Phi) is 6.39. The van der Waals surface area contributed by atoms with Gasteiger partial charge in [0.1, 0.15) is 0 Å².